The highest BCUT2D eigenvalue weighted by Gasteiger charge is 2.75. The fraction of sp³-hybridized carbons (Fsp3) is 0.414. The summed E-state index contributed by atoms with van der Waals surface area (Å²) in [5.41, 5.74) is -0.0899. The number of esters is 1. The van der Waals surface area contributed by atoms with Gasteiger partial charge in [0.1, 0.15) is 11.6 Å². The van der Waals surface area contributed by atoms with Crippen LogP contribution in [-0.4, -0.2) is 65.3 Å². The average Bonchev–Trinajstić information content (AvgIpc) is 3.56. The van der Waals surface area contributed by atoms with Crippen LogP contribution in [0.15, 0.2) is 67.3 Å². The lowest BCUT2D eigenvalue weighted by molar-refractivity contribution is -0.155. The number of amides is 2. The van der Waals surface area contributed by atoms with Crippen molar-refractivity contribution in [2.24, 2.45) is 11.8 Å². The maximum absolute atomic E-state index is 14.6. The lowest BCUT2D eigenvalue weighted by Crippen LogP contribution is -2.57. The highest BCUT2D eigenvalue weighted by molar-refractivity contribution is 6.34. The van der Waals surface area contributed by atoms with E-state index in [1.807, 2.05) is 18.2 Å². The van der Waals surface area contributed by atoms with Crippen molar-refractivity contribution < 1.29 is 29.0 Å². The number of hydrogen-bond donors (Lipinski definition) is 1. The van der Waals surface area contributed by atoms with E-state index in [0.29, 0.717) is 29.1 Å². The third-order valence-electron chi connectivity index (χ3n) is 7.94. The SMILES string of the molecule is C=CCN(C(=O)[C@@H]1N([C@H](CO)c2ccccc2)C(=O)[C@H]2[C@H](C(=O)OCC)[C@@H]3CC[C@]12O3)c1ccccc1Cl. The second kappa shape index (κ2) is 10.5. The zero-order valence-electron chi connectivity index (χ0n) is 21.2. The zero-order valence-corrected chi connectivity index (χ0v) is 21.9. The monoisotopic (exact) mass is 538 g/mol. The van der Waals surface area contributed by atoms with Crippen molar-refractivity contribution in [3.05, 3.63) is 77.8 Å². The van der Waals surface area contributed by atoms with Gasteiger partial charge in [0.2, 0.25) is 5.91 Å². The number of carbonyl (C=O) groups excluding carboxylic acids is 3. The summed E-state index contributed by atoms with van der Waals surface area (Å²) in [7, 11) is 0. The van der Waals surface area contributed by atoms with Gasteiger partial charge in [-0.3, -0.25) is 14.4 Å². The molecule has 2 bridgehead atoms. The van der Waals surface area contributed by atoms with Gasteiger partial charge in [0.25, 0.3) is 5.91 Å². The molecule has 0 saturated carbocycles. The molecule has 0 unspecified atom stereocenters. The van der Waals surface area contributed by atoms with Gasteiger partial charge in [0, 0.05) is 6.54 Å². The fourth-order valence-electron chi connectivity index (χ4n) is 6.50. The predicted octanol–water partition coefficient (Wildman–Crippen LogP) is 3.53. The van der Waals surface area contributed by atoms with Crippen LogP contribution < -0.4 is 4.90 Å². The van der Waals surface area contributed by atoms with Crippen LogP contribution in [0.5, 0.6) is 0 Å². The number of likely N-dealkylation sites (tertiary alicyclic amines) is 1. The number of halogens is 1. The predicted molar refractivity (Wildman–Crippen MR) is 141 cm³/mol. The zero-order chi connectivity index (χ0) is 27.0. The van der Waals surface area contributed by atoms with Gasteiger partial charge < -0.3 is 24.4 Å². The Morgan fingerprint density at radius 2 is 1.97 bits per heavy atom. The van der Waals surface area contributed by atoms with Gasteiger partial charge in [0.15, 0.2) is 0 Å². The number of hydrogen-bond acceptors (Lipinski definition) is 6. The quantitative estimate of drug-likeness (QED) is 0.387. The first-order valence-electron chi connectivity index (χ1n) is 12.9. The second-order valence-electron chi connectivity index (χ2n) is 9.85. The smallest absolute Gasteiger partial charge is 0.312 e. The molecule has 38 heavy (non-hydrogen) atoms. The summed E-state index contributed by atoms with van der Waals surface area (Å²) >= 11 is 6.50. The number of aliphatic hydroxyl groups is 1. The maximum Gasteiger partial charge on any atom is 0.312 e. The molecule has 8 nitrogen and oxygen atoms in total. The van der Waals surface area contributed by atoms with Gasteiger partial charge >= 0.3 is 5.97 Å². The van der Waals surface area contributed by atoms with E-state index in [1.165, 1.54) is 9.80 Å². The molecule has 2 aromatic carbocycles. The molecule has 200 valence electrons. The molecular weight excluding hydrogens is 508 g/mol. The molecule has 2 aromatic rings. The first-order valence-corrected chi connectivity index (χ1v) is 13.3. The van der Waals surface area contributed by atoms with Crippen LogP contribution in [0.1, 0.15) is 31.4 Å². The number of benzene rings is 2. The highest BCUT2D eigenvalue weighted by atomic mass is 35.5. The van der Waals surface area contributed by atoms with Crippen molar-refractivity contribution in [1.29, 1.82) is 0 Å². The third-order valence-corrected chi connectivity index (χ3v) is 8.26. The van der Waals surface area contributed by atoms with Crippen LogP contribution >= 0.6 is 11.6 Å². The van der Waals surface area contributed by atoms with Gasteiger partial charge in [-0.05, 0) is 37.5 Å². The van der Waals surface area contributed by atoms with Gasteiger partial charge in [-0.2, -0.15) is 0 Å². The molecule has 6 atom stereocenters. The number of para-hydroxylation sites is 1. The Morgan fingerprint density at radius 3 is 2.63 bits per heavy atom. The van der Waals surface area contributed by atoms with E-state index in [9.17, 15) is 19.5 Å². The lowest BCUT2D eigenvalue weighted by atomic mass is 9.70. The normalized spacial score (nSPS) is 28.2. The van der Waals surface area contributed by atoms with Gasteiger partial charge in [-0.25, -0.2) is 0 Å². The van der Waals surface area contributed by atoms with Crippen molar-refractivity contribution >= 4 is 35.1 Å². The largest absolute Gasteiger partial charge is 0.466 e. The highest BCUT2D eigenvalue weighted by Crippen LogP contribution is 2.60. The maximum atomic E-state index is 14.6. The van der Waals surface area contributed by atoms with Crippen molar-refractivity contribution in [1.82, 2.24) is 4.90 Å². The van der Waals surface area contributed by atoms with Crippen molar-refractivity contribution in [3.8, 4) is 0 Å². The Kier molecular flexibility index (Phi) is 7.31. The molecule has 3 fully saturated rings. The van der Waals surface area contributed by atoms with E-state index in [2.05, 4.69) is 6.58 Å². The summed E-state index contributed by atoms with van der Waals surface area (Å²) in [4.78, 5) is 44.8. The molecule has 1 N–H and O–H groups in total. The lowest BCUT2D eigenvalue weighted by Gasteiger charge is -2.39. The molecule has 3 heterocycles. The summed E-state index contributed by atoms with van der Waals surface area (Å²) in [6.45, 7) is 5.43. The van der Waals surface area contributed by atoms with Crippen LogP contribution in [0.3, 0.4) is 0 Å². The average molecular weight is 539 g/mol. The molecule has 0 aliphatic carbocycles. The summed E-state index contributed by atoms with van der Waals surface area (Å²) in [5, 5.41) is 10.9. The van der Waals surface area contributed by atoms with E-state index in [4.69, 9.17) is 21.1 Å². The van der Waals surface area contributed by atoms with Crippen LogP contribution in [0.2, 0.25) is 5.02 Å². The van der Waals surface area contributed by atoms with Crippen LogP contribution in [0, 0.1) is 11.8 Å². The Morgan fingerprint density at radius 1 is 1.26 bits per heavy atom. The molecule has 5 rings (SSSR count). The number of anilines is 1. The minimum Gasteiger partial charge on any atom is -0.466 e. The van der Waals surface area contributed by atoms with E-state index in [-0.39, 0.29) is 13.2 Å². The minimum atomic E-state index is -1.24. The number of fused-ring (bicyclic) bond motifs is 1. The number of carbonyl (C=O) groups is 3. The van der Waals surface area contributed by atoms with E-state index < -0.39 is 60.0 Å². The van der Waals surface area contributed by atoms with E-state index in [1.54, 1.807) is 49.4 Å². The van der Waals surface area contributed by atoms with Crippen molar-refractivity contribution in [3.63, 3.8) is 0 Å². The Bertz CT molecular complexity index is 1240. The molecule has 0 radical (unpaired) electrons. The number of ether oxygens (including phenoxy) is 2. The Balaban J connectivity index is 1.65. The first kappa shape index (κ1) is 26.4. The molecule has 3 saturated heterocycles. The van der Waals surface area contributed by atoms with Gasteiger partial charge in [0.05, 0.1) is 47.9 Å². The van der Waals surface area contributed by atoms with Crippen molar-refractivity contribution in [2.45, 2.75) is 43.6 Å². The summed E-state index contributed by atoms with van der Waals surface area (Å²) < 4.78 is 11.8. The van der Waals surface area contributed by atoms with Gasteiger partial charge in [-0.15, -0.1) is 6.58 Å². The van der Waals surface area contributed by atoms with Gasteiger partial charge in [-0.1, -0.05) is 60.1 Å². The number of nitrogens with zero attached hydrogens (tertiary/aromatic N) is 2. The van der Waals surface area contributed by atoms with Crippen LogP contribution in [0.4, 0.5) is 5.69 Å². The molecule has 3 aliphatic rings. The molecule has 0 aromatic heterocycles. The molecule has 9 heteroatoms. The first-order chi connectivity index (χ1) is 18.4. The standard InChI is InChI=1S/C29H31ClN2O6/c1-3-16-31(20-13-9-8-12-19(20)30)27(35)25-29-15-14-22(38-29)23(28(36)37-4-2)24(29)26(34)32(25)21(17-33)18-10-6-5-7-11-18/h3,5-13,21-25,33H,1,4,14-17H2,2H3/t21-,22+,23-,24-,25+,29-/m1/s1. The number of aliphatic hydroxyl groups excluding tert-OH is 1. The van der Waals surface area contributed by atoms with Crippen LogP contribution in [0.25, 0.3) is 0 Å². The third kappa shape index (κ3) is 4.02. The summed E-state index contributed by atoms with van der Waals surface area (Å²) in [6.07, 6.45) is 2.02. The fourth-order valence-corrected chi connectivity index (χ4v) is 6.73. The Labute approximate surface area is 226 Å². The van der Waals surface area contributed by atoms with Crippen molar-refractivity contribution in [2.75, 3.05) is 24.7 Å². The molecule has 2 amide bonds. The topological polar surface area (TPSA) is 96.4 Å². The molecular formula is C29H31ClN2O6. The van der Waals surface area contributed by atoms with E-state index >= 15 is 0 Å². The summed E-state index contributed by atoms with van der Waals surface area (Å²) in [6, 6.07) is 14.1. The molecule has 1 spiro atoms. The summed E-state index contributed by atoms with van der Waals surface area (Å²) in [5.74, 6) is -3.03. The molecule has 3 aliphatic heterocycles. The van der Waals surface area contributed by atoms with Crippen LogP contribution in [-0.2, 0) is 23.9 Å². The minimum absolute atomic E-state index is 0.141. The van der Waals surface area contributed by atoms with E-state index in [0.717, 1.165) is 0 Å². The Hall–Kier alpha value is -3.20. The number of rotatable bonds is 9. The second-order valence-corrected chi connectivity index (χ2v) is 10.3.